The van der Waals surface area contributed by atoms with Crippen LogP contribution >= 0.6 is 0 Å². The summed E-state index contributed by atoms with van der Waals surface area (Å²) in [5.41, 5.74) is 2.38. The molecule has 0 saturated carbocycles. The number of nitrogens with one attached hydrogen (secondary N) is 2. The highest BCUT2D eigenvalue weighted by Crippen LogP contribution is 2.14. The number of nitrogens with zero attached hydrogens (tertiary/aromatic N) is 3. The lowest BCUT2D eigenvalue weighted by Gasteiger charge is -2.18. The van der Waals surface area contributed by atoms with Crippen LogP contribution in [-0.4, -0.2) is 55.9 Å². The predicted molar refractivity (Wildman–Crippen MR) is 112 cm³/mol. The molecule has 7 heteroatoms. The van der Waals surface area contributed by atoms with Crippen molar-refractivity contribution in [2.45, 2.75) is 26.6 Å². The van der Waals surface area contributed by atoms with Crippen molar-refractivity contribution in [2.24, 2.45) is 4.99 Å². The smallest absolute Gasteiger partial charge is 0.241 e. The Morgan fingerprint density at radius 3 is 2.43 bits per heavy atom. The third kappa shape index (κ3) is 7.08. The summed E-state index contributed by atoms with van der Waals surface area (Å²) in [6.45, 7) is 5.04. The third-order valence-corrected chi connectivity index (χ3v) is 4.22. The molecule has 0 aliphatic rings. The van der Waals surface area contributed by atoms with E-state index in [1.165, 1.54) is 5.56 Å². The monoisotopic (exact) mass is 385 g/mol. The quantitative estimate of drug-likeness (QED) is 0.511. The largest absolute Gasteiger partial charge is 0.468 e. The normalized spacial score (nSPS) is 11.5. The number of benzene rings is 1. The van der Waals surface area contributed by atoms with Gasteiger partial charge in [-0.05, 0) is 37.2 Å². The first kappa shape index (κ1) is 21.5. The van der Waals surface area contributed by atoms with Gasteiger partial charge in [0.1, 0.15) is 5.76 Å². The first-order chi connectivity index (χ1) is 13.5. The molecule has 2 rings (SSSR count). The van der Waals surface area contributed by atoms with E-state index < -0.39 is 0 Å². The van der Waals surface area contributed by atoms with Gasteiger partial charge in [0.2, 0.25) is 5.91 Å². The summed E-state index contributed by atoms with van der Waals surface area (Å²) in [5, 5.41) is 6.27. The van der Waals surface area contributed by atoms with E-state index in [0.29, 0.717) is 12.5 Å². The van der Waals surface area contributed by atoms with E-state index in [9.17, 15) is 4.79 Å². The fourth-order valence-corrected chi connectivity index (χ4v) is 2.70. The molecular weight excluding hydrogens is 354 g/mol. The molecule has 1 heterocycles. The van der Waals surface area contributed by atoms with E-state index in [1.54, 1.807) is 25.3 Å². The highest BCUT2D eigenvalue weighted by molar-refractivity contribution is 5.86. The van der Waals surface area contributed by atoms with Gasteiger partial charge in [-0.1, -0.05) is 24.3 Å². The molecule has 0 atom stereocenters. The molecule has 0 aliphatic heterocycles. The summed E-state index contributed by atoms with van der Waals surface area (Å²) in [6, 6.07) is 12.2. The van der Waals surface area contributed by atoms with Gasteiger partial charge in [0.15, 0.2) is 5.96 Å². The number of carbonyl (C=O) groups excluding carboxylic acids is 1. The zero-order valence-electron chi connectivity index (χ0n) is 17.2. The topological polar surface area (TPSA) is 73.1 Å². The first-order valence-electron chi connectivity index (χ1n) is 9.49. The number of hydrogen-bond donors (Lipinski definition) is 2. The van der Waals surface area contributed by atoms with E-state index in [2.05, 4.69) is 39.7 Å². The highest BCUT2D eigenvalue weighted by Gasteiger charge is 2.09. The van der Waals surface area contributed by atoms with Crippen molar-refractivity contribution in [3.05, 3.63) is 59.5 Å². The van der Waals surface area contributed by atoms with Crippen LogP contribution in [0.25, 0.3) is 0 Å². The van der Waals surface area contributed by atoms with Crippen LogP contribution < -0.4 is 10.6 Å². The maximum Gasteiger partial charge on any atom is 0.241 e. The minimum Gasteiger partial charge on any atom is -0.468 e. The molecule has 1 aromatic heterocycles. The second kappa shape index (κ2) is 11.1. The summed E-state index contributed by atoms with van der Waals surface area (Å²) in [5.74, 6) is 1.59. The third-order valence-electron chi connectivity index (χ3n) is 4.22. The highest BCUT2D eigenvalue weighted by atomic mass is 16.3. The summed E-state index contributed by atoms with van der Waals surface area (Å²) >= 11 is 0. The Bertz CT molecular complexity index is 756. The molecule has 2 N–H and O–H groups in total. The summed E-state index contributed by atoms with van der Waals surface area (Å²) < 4.78 is 5.43. The fraction of sp³-hybridized carbons (Fsp3) is 0.429. The van der Waals surface area contributed by atoms with Crippen molar-refractivity contribution in [3.63, 3.8) is 0 Å². The lowest BCUT2D eigenvalue weighted by atomic mass is 10.1. The molecule has 0 fully saturated rings. The van der Waals surface area contributed by atoms with E-state index in [0.717, 1.165) is 31.0 Å². The van der Waals surface area contributed by atoms with Crippen molar-refractivity contribution < 1.29 is 9.21 Å². The zero-order valence-corrected chi connectivity index (χ0v) is 17.2. The molecular formula is C21H31N5O2. The minimum atomic E-state index is 0.00514. The second-order valence-corrected chi connectivity index (χ2v) is 6.86. The number of likely N-dealkylation sites (N-methyl/N-ethyl adjacent to an activating group) is 1. The van der Waals surface area contributed by atoms with Crippen LogP contribution in [0.1, 0.15) is 23.8 Å². The molecule has 0 saturated heterocycles. The maximum absolute atomic E-state index is 11.8. The van der Waals surface area contributed by atoms with E-state index >= 15 is 0 Å². The standard InChI is InChI=1S/C21H31N5O2/c1-5-22-21(24-14-20(27)25(2)3)23-13-17-9-6-7-10-18(17)15-26(4)16-19-11-8-12-28-19/h6-12H,5,13-16H2,1-4H3,(H2,22,23,24). The van der Waals surface area contributed by atoms with Crippen molar-refractivity contribution in [3.8, 4) is 0 Å². The number of aliphatic imine (C=N–C) groups is 1. The Balaban J connectivity index is 2.01. The van der Waals surface area contributed by atoms with Crippen LogP contribution in [-0.2, 0) is 24.4 Å². The van der Waals surface area contributed by atoms with Gasteiger partial charge in [-0.25, -0.2) is 4.99 Å². The van der Waals surface area contributed by atoms with E-state index in [4.69, 9.17) is 4.42 Å². The van der Waals surface area contributed by atoms with Gasteiger partial charge in [0.25, 0.3) is 0 Å². The van der Waals surface area contributed by atoms with E-state index in [1.807, 2.05) is 31.2 Å². The maximum atomic E-state index is 11.8. The summed E-state index contributed by atoms with van der Waals surface area (Å²) in [4.78, 5) is 20.2. The number of carbonyl (C=O) groups is 1. The van der Waals surface area contributed by atoms with Crippen LogP contribution in [0.2, 0.25) is 0 Å². The average molecular weight is 386 g/mol. The number of furan rings is 1. The number of amides is 1. The Hall–Kier alpha value is -2.80. The van der Waals surface area contributed by atoms with Gasteiger partial charge >= 0.3 is 0 Å². The first-order valence-corrected chi connectivity index (χ1v) is 9.49. The van der Waals surface area contributed by atoms with Gasteiger partial charge in [0.05, 0.1) is 25.9 Å². The van der Waals surface area contributed by atoms with Crippen LogP contribution in [0.15, 0.2) is 52.1 Å². The van der Waals surface area contributed by atoms with Crippen LogP contribution in [0.5, 0.6) is 0 Å². The van der Waals surface area contributed by atoms with Crippen molar-refractivity contribution in [1.29, 1.82) is 0 Å². The molecule has 152 valence electrons. The number of hydrogen-bond acceptors (Lipinski definition) is 4. The lowest BCUT2D eigenvalue weighted by molar-refractivity contribution is -0.127. The Morgan fingerprint density at radius 2 is 1.79 bits per heavy atom. The van der Waals surface area contributed by atoms with Gasteiger partial charge in [-0.3, -0.25) is 9.69 Å². The fourth-order valence-electron chi connectivity index (χ4n) is 2.70. The molecule has 0 aliphatic carbocycles. The zero-order chi connectivity index (χ0) is 20.4. The lowest BCUT2D eigenvalue weighted by Crippen LogP contribution is -2.42. The van der Waals surface area contributed by atoms with Gasteiger partial charge in [-0.15, -0.1) is 0 Å². The van der Waals surface area contributed by atoms with E-state index in [-0.39, 0.29) is 12.5 Å². The van der Waals surface area contributed by atoms with Crippen molar-refractivity contribution in [2.75, 3.05) is 34.2 Å². The molecule has 1 amide bonds. The van der Waals surface area contributed by atoms with Gasteiger partial charge in [-0.2, -0.15) is 0 Å². The molecule has 0 spiro atoms. The average Bonchev–Trinajstić information content (AvgIpc) is 3.17. The minimum absolute atomic E-state index is 0.00514. The van der Waals surface area contributed by atoms with Crippen LogP contribution in [0.3, 0.4) is 0 Å². The summed E-state index contributed by atoms with van der Waals surface area (Å²) in [7, 11) is 5.55. The molecule has 7 nitrogen and oxygen atoms in total. The molecule has 0 bridgehead atoms. The van der Waals surface area contributed by atoms with Gasteiger partial charge < -0.3 is 20.0 Å². The number of guanidine groups is 1. The molecule has 0 radical (unpaired) electrons. The van der Waals surface area contributed by atoms with Crippen molar-refractivity contribution in [1.82, 2.24) is 20.4 Å². The molecule has 0 unspecified atom stereocenters. The molecule has 1 aromatic carbocycles. The molecule has 2 aromatic rings. The number of rotatable bonds is 9. The van der Waals surface area contributed by atoms with Gasteiger partial charge in [0, 0.05) is 27.2 Å². The van der Waals surface area contributed by atoms with Crippen LogP contribution in [0.4, 0.5) is 0 Å². The van der Waals surface area contributed by atoms with Crippen LogP contribution in [0, 0.1) is 0 Å². The predicted octanol–water partition coefficient (Wildman–Crippen LogP) is 2.05. The Labute approximate surface area is 167 Å². The second-order valence-electron chi connectivity index (χ2n) is 6.86. The molecule has 28 heavy (non-hydrogen) atoms. The Morgan fingerprint density at radius 1 is 1.04 bits per heavy atom. The Kier molecular flexibility index (Phi) is 8.55. The van der Waals surface area contributed by atoms with Crippen molar-refractivity contribution >= 4 is 11.9 Å². The SMILES string of the molecule is CCNC(=NCc1ccccc1CN(C)Cc1ccco1)NCC(=O)N(C)C. The summed E-state index contributed by atoms with van der Waals surface area (Å²) in [6.07, 6.45) is 1.70.